The lowest BCUT2D eigenvalue weighted by molar-refractivity contribution is 0.583. The molecule has 2 rings (SSSR count). The number of oxazole rings is 1. The average Bonchev–Trinajstić information content (AvgIpc) is 2.59. The van der Waals surface area contributed by atoms with E-state index in [0.29, 0.717) is 16.7 Å². The zero-order valence-corrected chi connectivity index (χ0v) is 6.48. The highest BCUT2D eigenvalue weighted by Crippen LogP contribution is 2.18. The molecule has 0 fully saturated rings. The second kappa shape index (κ2) is 2.62. The molecule has 4 heteroatoms. The Bertz CT molecular complexity index is 542. The second-order valence-electron chi connectivity index (χ2n) is 2.40. The summed E-state index contributed by atoms with van der Waals surface area (Å²) in [5, 5.41) is 17.2. The Labute approximate surface area is 73.6 Å². The van der Waals surface area contributed by atoms with Gasteiger partial charge in [0.05, 0.1) is 5.56 Å². The molecule has 0 saturated carbocycles. The largest absolute Gasteiger partial charge is 0.427 e. The van der Waals surface area contributed by atoms with Gasteiger partial charge in [-0.25, -0.2) is 0 Å². The molecular formula is C9H3N3O. The molecule has 1 aromatic carbocycles. The maximum absolute atomic E-state index is 8.70. The molecule has 0 aliphatic carbocycles. The molecule has 4 nitrogen and oxygen atoms in total. The number of fused-ring (bicyclic) bond motifs is 1. The molecule has 0 aliphatic heterocycles. The number of hydrogen-bond acceptors (Lipinski definition) is 4. The third kappa shape index (κ3) is 1.02. The van der Waals surface area contributed by atoms with Crippen LogP contribution >= 0.6 is 0 Å². The van der Waals surface area contributed by atoms with Crippen LogP contribution in [0, 0.1) is 22.7 Å². The predicted molar refractivity (Wildman–Crippen MR) is 43.4 cm³/mol. The molecule has 0 saturated heterocycles. The summed E-state index contributed by atoms with van der Waals surface area (Å²) in [5.41, 5.74) is 1.31. The van der Waals surface area contributed by atoms with Crippen molar-refractivity contribution < 1.29 is 4.42 Å². The van der Waals surface area contributed by atoms with Gasteiger partial charge in [0.25, 0.3) is 0 Å². The fourth-order valence-corrected chi connectivity index (χ4v) is 1.08. The highest BCUT2D eigenvalue weighted by atomic mass is 16.3. The van der Waals surface area contributed by atoms with E-state index in [2.05, 4.69) is 4.98 Å². The van der Waals surface area contributed by atoms with Crippen LogP contribution in [0.1, 0.15) is 11.5 Å². The first kappa shape index (κ1) is 7.33. The van der Waals surface area contributed by atoms with E-state index in [1.807, 2.05) is 6.07 Å². The number of aromatic nitrogens is 1. The summed E-state index contributed by atoms with van der Waals surface area (Å²) in [7, 11) is 0. The Morgan fingerprint density at radius 3 is 2.77 bits per heavy atom. The molecule has 1 aromatic heterocycles. The van der Waals surface area contributed by atoms with Crippen molar-refractivity contribution in [3.05, 3.63) is 29.7 Å². The fourth-order valence-electron chi connectivity index (χ4n) is 1.08. The minimum Gasteiger partial charge on any atom is -0.427 e. The lowest BCUT2D eigenvalue weighted by Gasteiger charge is -1.86. The van der Waals surface area contributed by atoms with E-state index < -0.39 is 0 Å². The Morgan fingerprint density at radius 1 is 1.23 bits per heavy atom. The maximum Gasteiger partial charge on any atom is 0.301 e. The summed E-state index contributed by atoms with van der Waals surface area (Å²) in [6, 6.07) is 8.76. The van der Waals surface area contributed by atoms with E-state index in [4.69, 9.17) is 14.9 Å². The van der Waals surface area contributed by atoms with Crippen LogP contribution in [-0.2, 0) is 0 Å². The molecule has 1 heterocycles. The zero-order chi connectivity index (χ0) is 9.26. The first-order valence-corrected chi connectivity index (χ1v) is 3.55. The number of benzene rings is 1. The molecule has 0 aliphatic rings. The lowest BCUT2D eigenvalue weighted by Crippen LogP contribution is -1.73. The van der Waals surface area contributed by atoms with Gasteiger partial charge in [0.1, 0.15) is 11.6 Å². The van der Waals surface area contributed by atoms with Crippen LogP contribution in [0.5, 0.6) is 0 Å². The average molecular weight is 169 g/mol. The Hall–Kier alpha value is -2.33. The summed E-state index contributed by atoms with van der Waals surface area (Å²) in [5.74, 6) is -0.0160. The molecule has 0 bridgehead atoms. The standard InChI is InChI=1S/C9H3N3O/c10-4-6-2-1-3-7-9(6)13-8(5-11)12-7/h1-3H. The summed E-state index contributed by atoms with van der Waals surface area (Å²) < 4.78 is 5.04. The second-order valence-corrected chi connectivity index (χ2v) is 2.40. The van der Waals surface area contributed by atoms with Gasteiger partial charge in [-0.15, -0.1) is 0 Å². The third-order valence-corrected chi connectivity index (χ3v) is 1.63. The Balaban J connectivity index is 2.86. The van der Waals surface area contributed by atoms with E-state index in [1.54, 1.807) is 24.3 Å². The number of nitrogens with zero attached hydrogens (tertiary/aromatic N) is 3. The highest BCUT2D eigenvalue weighted by Gasteiger charge is 2.07. The molecule has 0 spiro atoms. The highest BCUT2D eigenvalue weighted by molar-refractivity contribution is 5.79. The first-order chi connectivity index (χ1) is 6.35. The normalized spacial score (nSPS) is 9.38. The minimum absolute atomic E-state index is 0.0160. The molecule has 0 radical (unpaired) electrons. The van der Waals surface area contributed by atoms with Crippen molar-refractivity contribution in [2.75, 3.05) is 0 Å². The Kier molecular flexibility index (Phi) is 1.47. The van der Waals surface area contributed by atoms with Crippen LogP contribution in [0.25, 0.3) is 11.1 Å². The van der Waals surface area contributed by atoms with Crippen LogP contribution < -0.4 is 0 Å². The predicted octanol–water partition coefficient (Wildman–Crippen LogP) is 1.57. The van der Waals surface area contributed by atoms with Crippen molar-refractivity contribution in [3.8, 4) is 12.1 Å². The van der Waals surface area contributed by atoms with Crippen molar-refractivity contribution in [1.29, 1.82) is 10.5 Å². The van der Waals surface area contributed by atoms with Gasteiger partial charge in [0.2, 0.25) is 0 Å². The monoisotopic (exact) mass is 169 g/mol. The van der Waals surface area contributed by atoms with Crippen LogP contribution in [0.2, 0.25) is 0 Å². The molecular weight excluding hydrogens is 166 g/mol. The van der Waals surface area contributed by atoms with Crippen molar-refractivity contribution in [1.82, 2.24) is 4.98 Å². The topological polar surface area (TPSA) is 73.6 Å². The molecule has 0 N–H and O–H groups in total. The van der Waals surface area contributed by atoms with E-state index in [-0.39, 0.29) is 5.89 Å². The van der Waals surface area contributed by atoms with Crippen LogP contribution in [0.3, 0.4) is 0 Å². The van der Waals surface area contributed by atoms with Crippen molar-refractivity contribution >= 4 is 11.1 Å². The van der Waals surface area contributed by atoms with Crippen molar-refractivity contribution in [3.63, 3.8) is 0 Å². The minimum atomic E-state index is -0.0160. The Morgan fingerprint density at radius 2 is 2.08 bits per heavy atom. The quantitative estimate of drug-likeness (QED) is 0.599. The van der Waals surface area contributed by atoms with Gasteiger partial charge >= 0.3 is 5.89 Å². The zero-order valence-electron chi connectivity index (χ0n) is 6.48. The summed E-state index contributed by atoms with van der Waals surface area (Å²) in [4.78, 5) is 3.86. The maximum atomic E-state index is 8.70. The first-order valence-electron chi connectivity index (χ1n) is 3.55. The van der Waals surface area contributed by atoms with Crippen molar-refractivity contribution in [2.45, 2.75) is 0 Å². The molecule has 2 aromatic rings. The van der Waals surface area contributed by atoms with Gasteiger partial charge in [-0.2, -0.15) is 15.5 Å². The van der Waals surface area contributed by atoms with Gasteiger partial charge in [0.15, 0.2) is 11.7 Å². The van der Waals surface area contributed by atoms with E-state index in [1.165, 1.54) is 0 Å². The fraction of sp³-hybridized carbons (Fsp3) is 0. The number of nitriles is 2. The van der Waals surface area contributed by atoms with E-state index in [0.717, 1.165) is 0 Å². The molecule has 60 valence electrons. The SMILES string of the molecule is N#Cc1nc2cccc(C#N)c2o1. The van der Waals surface area contributed by atoms with E-state index >= 15 is 0 Å². The van der Waals surface area contributed by atoms with Crippen LogP contribution in [0.4, 0.5) is 0 Å². The number of para-hydroxylation sites is 1. The van der Waals surface area contributed by atoms with Crippen molar-refractivity contribution in [2.24, 2.45) is 0 Å². The summed E-state index contributed by atoms with van der Waals surface area (Å²) in [6.45, 7) is 0. The summed E-state index contributed by atoms with van der Waals surface area (Å²) in [6.07, 6.45) is 0. The van der Waals surface area contributed by atoms with Gasteiger partial charge in [-0.05, 0) is 12.1 Å². The van der Waals surface area contributed by atoms with E-state index in [9.17, 15) is 0 Å². The van der Waals surface area contributed by atoms with Gasteiger partial charge in [-0.1, -0.05) is 6.07 Å². The smallest absolute Gasteiger partial charge is 0.301 e. The van der Waals surface area contributed by atoms with Crippen LogP contribution in [-0.4, -0.2) is 4.98 Å². The molecule has 0 unspecified atom stereocenters. The molecule has 0 atom stereocenters. The van der Waals surface area contributed by atoms with Gasteiger partial charge < -0.3 is 4.42 Å². The summed E-state index contributed by atoms with van der Waals surface area (Å²) >= 11 is 0. The molecule has 0 amide bonds. The number of rotatable bonds is 0. The lowest BCUT2D eigenvalue weighted by atomic mass is 10.2. The van der Waals surface area contributed by atoms with Gasteiger partial charge in [0, 0.05) is 0 Å². The molecule has 13 heavy (non-hydrogen) atoms. The third-order valence-electron chi connectivity index (χ3n) is 1.63. The van der Waals surface area contributed by atoms with Gasteiger partial charge in [-0.3, -0.25) is 0 Å². The van der Waals surface area contributed by atoms with Crippen LogP contribution in [0.15, 0.2) is 22.6 Å². The number of hydrogen-bond donors (Lipinski definition) is 0.